The second-order valence-corrected chi connectivity index (χ2v) is 6.09. The highest BCUT2D eigenvalue weighted by atomic mass is 31.1. The second-order valence-electron chi connectivity index (χ2n) is 5.39. The number of rotatable bonds is 6. The minimum absolute atomic E-state index is 0.146. The minimum Gasteiger partial charge on any atom is -0.480 e. The zero-order valence-corrected chi connectivity index (χ0v) is 15.7. The molecule has 2 aromatic rings. The predicted octanol–water partition coefficient (Wildman–Crippen LogP) is 3.82. The molecule has 0 saturated carbocycles. The van der Waals surface area contributed by atoms with Crippen molar-refractivity contribution in [2.75, 3.05) is 0 Å². The van der Waals surface area contributed by atoms with Gasteiger partial charge < -0.3 is 14.7 Å². The van der Waals surface area contributed by atoms with Crippen molar-refractivity contribution in [2.24, 2.45) is 0 Å². The number of aliphatic hydroxyl groups is 1. The van der Waals surface area contributed by atoms with Crippen molar-refractivity contribution in [3.63, 3.8) is 0 Å². The Kier molecular flexibility index (Phi) is 9.24. The van der Waals surface area contributed by atoms with Crippen LogP contribution in [0.15, 0.2) is 24.3 Å². The Bertz CT molecular complexity index is 808. The summed E-state index contributed by atoms with van der Waals surface area (Å²) in [5.41, 5.74) is 2.16. The van der Waals surface area contributed by atoms with Crippen LogP contribution in [-0.4, -0.2) is 22.2 Å². The van der Waals surface area contributed by atoms with E-state index in [9.17, 15) is 26.7 Å². The molecule has 0 heterocycles. The first-order valence-corrected chi connectivity index (χ1v) is 8.59. The summed E-state index contributed by atoms with van der Waals surface area (Å²) in [7, 11) is -1.00. The van der Waals surface area contributed by atoms with Crippen LogP contribution in [0, 0.1) is 36.0 Å². The smallest absolute Gasteiger partial charge is 0.320 e. The van der Waals surface area contributed by atoms with Gasteiger partial charge in [0.05, 0.1) is 6.61 Å². The lowest BCUT2D eigenvalue weighted by molar-refractivity contribution is -0.138. The Balaban J connectivity index is 0.000000362. The van der Waals surface area contributed by atoms with E-state index in [2.05, 4.69) is 9.61 Å². The maximum Gasteiger partial charge on any atom is 0.320 e. The SMILES string of the molecule is C[C@H](NPOc1c(F)c(F)c(F)c(F)c1F)C(=O)O.Cc1ccccc1CO. The summed E-state index contributed by atoms with van der Waals surface area (Å²) in [5.74, 6) is -13.5. The summed E-state index contributed by atoms with van der Waals surface area (Å²) < 4.78 is 68.8. The third-order valence-corrected chi connectivity index (χ3v) is 4.26. The Morgan fingerprint density at radius 3 is 2.00 bits per heavy atom. The normalized spacial score (nSPS) is 11.9. The third-order valence-electron chi connectivity index (χ3n) is 3.40. The van der Waals surface area contributed by atoms with Crippen LogP contribution in [0.5, 0.6) is 5.75 Å². The van der Waals surface area contributed by atoms with Crippen molar-refractivity contribution in [2.45, 2.75) is 26.5 Å². The van der Waals surface area contributed by atoms with Crippen molar-refractivity contribution in [1.82, 2.24) is 5.09 Å². The number of hydrogen-bond donors (Lipinski definition) is 3. The van der Waals surface area contributed by atoms with E-state index in [1.54, 1.807) is 0 Å². The van der Waals surface area contributed by atoms with Gasteiger partial charge in [0.2, 0.25) is 34.8 Å². The molecule has 3 N–H and O–H groups in total. The molecule has 0 saturated heterocycles. The molecule has 0 bridgehead atoms. The van der Waals surface area contributed by atoms with Crippen LogP contribution in [-0.2, 0) is 11.4 Å². The van der Waals surface area contributed by atoms with Crippen LogP contribution in [0.4, 0.5) is 22.0 Å². The number of aliphatic carboxylic acids is 1. The van der Waals surface area contributed by atoms with Gasteiger partial charge in [0.25, 0.3) is 0 Å². The number of aliphatic hydroxyl groups excluding tert-OH is 1. The highest BCUT2D eigenvalue weighted by Crippen LogP contribution is 2.32. The van der Waals surface area contributed by atoms with E-state index in [-0.39, 0.29) is 6.61 Å². The maximum absolute atomic E-state index is 13.1. The number of carboxylic acid groups (broad SMARTS) is 1. The summed E-state index contributed by atoms with van der Waals surface area (Å²) >= 11 is 0. The number of aryl methyl sites for hydroxylation is 1. The fourth-order valence-corrected chi connectivity index (χ4v) is 2.33. The predicted molar refractivity (Wildman–Crippen MR) is 92.5 cm³/mol. The van der Waals surface area contributed by atoms with E-state index in [1.807, 2.05) is 31.2 Å². The molecular weight excluding hydrogens is 408 g/mol. The zero-order valence-electron chi connectivity index (χ0n) is 14.7. The quantitative estimate of drug-likeness (QED) is 0.284. The molecule has 0 amide bonds. The second kappa shape index (κ2) is 10.9. The average molecular weight is 425 g/mol. The van der Waals surface area contributed by atoms with E-state index in [1.165, 1.54) is 6.92 Å². The molecule has 2 rings (SSSR count). The Morgan fingerprint density at radius 1 is 1.07 bits per heavy atom. The number of benzene rings is 2. The number of carboxylic acids is 1. The van der Waals surface area contributed by atoms with Gasteiger partial charge in [0, 0.05) is 0 Å². The maximum atomic E-state index is 13.1. The molecular formula is C17H17F5NO4P. The Morgan fingerprint density at radius 2 is 1.57 bits per heavy atom. The first-order valence-electron chi connectivity index (χ1n) is 7.68. The molecule has 154 valence electrons. The summed E-state index contributed by atoms with van der Waals surface area (Å²) in [4.78, 5) is 10.4. The van der Waals surface area contributed by atoms with Gasteiger partial charge in [-0.3, -0.25) is 9.88 Å². The fourth-order valence-electron chi connectivity index (χ4n) is 1.69. The van der Waals surface area contributed by atoms with Crippen molar-refractivity contribution in [3.05, 3.63) is 64.5 Å². The third kappa shape index (κ3) is 6.12. The van der Waals surface area contributed by atoms with Crippen molar-refractivity contribution < 1.29 is 41.5 Å². The molecule has 11 heteroatoms. The van der Waals surface area contributed by atoms with Crippen LogP contribution in [0.1, 0.15) is 18.1 Å². The van der Waals surface area contributed by atoms with Gasteiger partial charge >= 0.3 is 5.97 Å². The van der Waals surface area contributed by atoms with Crippen LogP contribution in [0.2, 0.25) is 0 Å². The van der Waals surface area contributed by atoms with Gasteiger partial charge in [-0.2, -0.15) is 8.78 Å². The van der Waals surface area contributed by atoms with Gasteiger partial charge in [-0.15, -0.1) is 0 Å². The standard InChI is InChI=1S/C9H7F5NO3P.C8H10O/c1-2(9(16)17)15-19-18-8-6(13)4(11)3(10)5(12)7(8)14;1-7-4-2-3-5-8(7)6-9/h2,15,19H,1H3,(H,16,17);2-5,9H,6H2,1H3/t2-;/m0./s1. The molecule has 1 unspecified atom stereocenters. The minimum atomic E-state index is -2.29. The lowest BCUT2D eigenvalue weighted by atomic mass is 10.1. The van der Waals surface area contributed by atoms with Crippen molar-refractivity contribution in [3.8, 4) is 5.75 Å². The molecule has 0 fully saturated rings. The fraction of sp³-hybridized carbons (Fsp3) is 0.235. The summed E-state index contributed by atoms with van der Waals surface area (Å²) in [6.45, 7) is 3.34. The lowest BCUT2D eigenvalue weighted by Crippen LogP contribution is -2.28. The van der Waals surface area contributed by atoms with Crippen molar-refractivity contribution in [1.29, 1.82) is 0 Å². The van der Waals surface area contributed by atoms with E-state index in [4.69, 9.17) is 10.2 Å². The highest BCUT2D eigenvalue weighted by Gasteiger charge is 2.27. The van der Waals surface area contributed by atoms with Gasteiger partial charge in [0.1, 0.15) is 15.0 Å². The molecule has 0 aliphatic heterocycles. The largest absolute Gasteiger partial charge is 0.480 e. The molecule has 5 nitrogen and oxygen atoms in total. The Hall–Kier alpha value is -2.29. The lowest BCUT2D eigenvalue weighted by Gasteiger charge is -2.12. The molecule has 2 aromatic carbocycles. The van der Waals surface area contributed by atoms with Crippen LogP contribution in [0.3, 0.4) is 0 Å². The van der Waals surface area contributed by atoms with Gasteiger partial charge in [0.15, 0.2) is 0 Å². The number of hydrogen-bond acceptors (Lipinski definition) is 4. The first kappa shape index (κ1) is 23.7. The topological polar surface area (TPSA) is 78.8 Å². The number of nitrogens with one attached hydrogen (secondary N) is 1. The van der Waals surface area contributed by atoms with E-state index in [0.29, 0.717) is 0 Å². The zero-order chi connectivity index (χ0) is 21.4. The van der Waals surface area contributed by atoms with Crippen LogP contribution < -0.4 is 9.61 Å². The van der Waals surface area contributed by atoms with Gasteiger partial charge in [-0.05, 0) is 25.0 Å². The monoisotopic (exact) mass is 425 g/mol. The molecule has 0 spiro atoms. The molecule has 0 aromatic heterocycles. The summed E-state index contributed by atoms with van der Waals surface area (Å²) in [6.07, 6.45) is 0. The number of carbonyl (C=O) groups is 1. The van der Waals surface area contributed by atoms with Gasteiger partial charge in [-0.1, -0.05) is 24.3 Å². The molecule has 0 aliphatic carbocycles. The Labute approximate surface area is 159 Å². The summed E-state index contributed by atoms with van der Waals surface area (Å²) in [5, 5.41) is 19.4. The van der Waals surface area contributed by atoms with Crippen LogP contribution >= 0.6 is 8.96 Å². The number of halogens is 5. The molecule has 0 aliphatic rings. The molecule has 0 radical (unpaired) electrons. The van der Waals surface area contributed by atoms with E-state index in [0.717, 1.165) is 11.1 Å². The molecule has 28 heavy (non-hydrogen) atoms. The molecule has 2 atom stereocenters. The van der Waals surface area contributed by atoms with E-state index >= 15 is 0 Å². The summed E-state index contributed by atoms with van der Waals surface area (Å²) in [6, 6.07) is 6.70. The average Bonchev–Trinajstić information content (AvgIpc) is 2.68. The van der Waals surface area contributed by atoms with Crippen molar-refractivity contribution >= 4 is 14.9 Å². The van der Waals surface area contributed by atoms with E-state index < -0.39 is 55.8 Å². The van der Waals surface area contributed by atoms with Gasteiger partial charge in [-0.25, -0.2) is 13.2 Å². The van der Waals surface area contributed by atoms with Crippen LogP contribution in [0.25, 0.3) is 0 Å². The highest BCUT2D eigenvalue weighted by molar-refractivity contribution is 7.30. The first-order chi connectivity index (χ1) is 13.1.